The maximum atomic E-state index is 2.59. The van der Waals surface area contributed by atoms with Crippen LogP contribution in [0, 0.1) is 34.5 Å². The summed E-state index contributed by atoms with van der Waals surface area (Å²) in [4.78, 5) is 0. The smallest absolute Gasteiger partial charge is 0.0237 e. The Kier molecular flexibility index (Phi) is 3.51. The van der Waals surface area contributed by atoms with Crippen molar-refractivity contribution < 1.29 is 0 Å². The molecule has 3 fully saturated rings. The predicted molar refractivity (Wildman–Crippen MR) is 83.1 cm³/mol. The van der Waals surface area contributed by atoms with Crippen molar-refractivity contribution in [2.75, 3.05) is 0 Å². The lowest BCUT2D eigenvalue weighted by Crippen LogP contribution is -2.46. The van der Waals surface area contributed by atoms with Gasteiger partial charge >= 0.3 is 0 Å². The molecule has 0 heterocycles. The first-order valence-electron chi connectivity index (χ1n) is 9.05. The predicted octanol–water partition coefficient (Wildman–Crippen LogP) is 6.06. The largest absolute Gasteiger partial charge is 0.0654 e. The van der Waals surface area contributed by atoms with E-state index in [1.54, 1.807) is 25.7 Å². The van der Waals surface area contributed by atoms with E-state index in [0.717, 1.165) is 29.1 Å². The lowest BCUT2D eigenvalue weighted by Gasteiger charge is -2.55. The van der Waals surface area contributed by atoms with Crippen molar-refractivity contribution in [3.8, 4) is 0 Å². The highest BCUT2D eigenvalue weighted by Gasteiger charge is 2.68. The lowest BCUT2D eigenvalue weighted by molar-refractivity contribution is -0.0497. The molecule has 0 aliphatic heterocycles. The maximum Gasteiger partial charge on any atom is -0.0237 e. The molecule has 0 radical (unpaired) electrons. The zero-order chi connectivity index (χ0) is 13.7. The minimum absolute atomic E-state index is 0.714. The Hall–Kier alpha value is 0. The fraction of sp³-hybridized carbons (Fsp3) is 1.00. The van der Waals surface area contributed by atoms with Gasteiger partial charge in [-0.1, -0.05) is 47.0 Å². The first kappa shape index (κ1) is 14.0. The average molecular weight is 262 g/mol. The molecule has 3 aliphatic rings. The van der Waals surface area contributed by atoms with Crippen molar-refractivity contribution in [1.82, 2.24) is 0 Å². The standard InChI is InChI=1S/C19H34/c1-5-7-8-17-15(12-18(17,4)9-6-2)10-16-13-19(16)11-14(19)3/h14-17H,5-13H2,1-4H3. The van der Waals surface area contributed by atoms with Crippen LogP contribution in [-0.4, -0.2) is 0 Å². The Morgan fingerprint density at radius 2 is 1.79 bits per heavy atom. The van der Waals surface area contributed by atoms with E-state index in [1.807, 2.05) is 0 Å². The maximum absolute atomic E-state index is 2.59. The fourth-order valence-electron chi connectivity index (χ4n) is 5.86. The third-order valence-electron chi connectivity index (χ3n) is 7.26. The normalized spacial score (nSPS) is 51.2. The van der Waals surface area contributed by atoms with Gasteiger partial charge in [-0.05, 0) is 73.0 Å². The highest BCUT2D eigenvalue weighted by Crippen LogP contribution is 2.77. The Morgan fingerprint density at radius 3 is 2.32 bits per heavy atom. The van der Waals surface area contributed by atoms with Gasteiger partial charge < -0.3 is 0 Å². The van der Waals surface area contributed by atoms with Crippen LogP contribution in [0.25, 0.3) is 0 Å². The molecule has 3 aliphatic carbocycles. The Morgan fingerprint density at radius 1 is 1.05 bits per heavy atom. The topological polar surface area (TPSA) is 0 Å². The monoisotopic (exact) mass is 262 g/mol. The lowest BCUT2D eigenvalue weighted by atomic mass is 9.50. The van der Waals surface area contributed by atoms with E-state index >= 15 is 0 Å². The molecule has 19 heavy (non-hydrogen) atoms. The Balaban J connectivity index is 1.53. The SMILES string of the molecule is CCCCC1C(CC2CC23CC3C)CC1(C)CCC. The quantitative estimate of drug-likeness (QED) is 0.523. The molecule has 3 saturated carbocycles. The van der Waals surface area contributed by atoms with Crippen molar-refractivity contribution in [1.29, 1.82) is 0 Å². The van der Waals surface area contributed by atoms with Gasteiger partial charge in [-0.2, -0.15) is 0 Å². The Bertz CT molecular complexity index is 333. The van der Waals surface area contributed by atoms with Crippen molar-refractivity contribution in [3.63, 3.8) is 0 Å². The van der Waals surface area contributed by atoms with Crippen LogP contribution in [0.5, 0.6) is 0 Å². The summed E-state index contributed by atoms with van der Waals surface area (Å²) in [5.74, 6) is 4.39. The summed E-state index contributed by atoms with van der Waals surface area (Å²) in [7, 11) is 0. The molecule has 6 unspecified atom stereocenters. The number of hydrogen-bond acceptors (Lipinski definition) is 0. The summed E-state index contributed by atoms with van der Waals surface area (Å²) in [6, 6.07) is 0. The average Bonchev–Trinajstić information content (AvgIpc) is 3.19. The molecule has 110 valence electrons. The van der Waals surface area contributed by atoms with Gasteiger partial charge in [0.15, 0.2) is 0 Å². The van der Waals surface area contributed by atoms with Gasteiger partial charge in [-0.15, -0.1) is 0 Å². The summed E-state index contributed by atoms with van der Waals surface area (Å²) < 4.78 is 0. The summed E-state index contributed by atoms with van der Waals surface area (Å²) in [6.45, 7) is 9.80. The molecular weight excluding hydrogens is 228 g/mol. The van der Waals surface area contributed by atoms with E-state index < -0.39 is 0 Å². The minimum atomic E-state index is 0.714. The van der Waals surface area contributed by atoms with Gasteiger partial charge in [-0.25, -0.2) is 0 Å². The van der Waals surface area contributed by atoms with Gasteiger partial charge in [0.05, 0.1) is 0 Å². The van der Waals surface area contributed by atoms with Crippen LogP contribution in [0.3, 0.4) is 0 Å². The van der Waals surface area contributed by atoms with Crippen LogP contribution in [0.4, 0.5) is 0 Å². The third-order valence-corrected chi connectivity index (χ3v) is 7.26. The zero-order valence-corrected chi connectivity index (χ0v) is 13.7. The molecule has 0 heteroatoms. The minimum Gasteiger partial charge on any atom is -0.0654 e. The van der Waals surface area contributed by atoms with E-state index in [-0.39, 0.29) is 0 Å². The fourth-order valence-corrected chi connectivity index (χ4v) is 5.86. The van der Waals surface area contributed by atoms with Crippen molar-refractivity contribution >= 4 is 0 Å². The molecule has 0 aromatic carbocycles. The van der Waals surface area contributed by atoms with Crippen molar-refractivity contribution in [2.24, 2.45) is 34.5 Å². The molecule has 3 rings (SSSR count). The van der Waals surface area contributed by atoms with Crippen LogP contribution in [-0.2, 0) is 0 Å². The molecule has 6 atom stereocenters. The van der Waals surface area contributed by atoms with Crippen LogP contribution < -0.4 is 0 Å². The summed E-state index contributed by atoms with van der Waals surface area (Å²) >= 11 is 0. The van der Waals surface area contributed by atoms with Crippen LogP contribution in [0.1, 0.15) is 85.5 Å². The summed E-state index contributed by atoms with van der Waals surface area (Å²) in [6.07, 6.45) is 13.5. The number of hydrogen-bond donors (Lipinski definition) is 0. The number of rotatable bonds is 7. The molecule has 1 spiro atoms. The molecule has 0 amide bonds. The van der Waals surface area contributed by atoms with Crippen LogP contribution >= 0.6 is 0 Å². The van der Waals surface area contributed by atoms with Crippen LogP contribution in [0.2, 0.25) is 0 Å². The van der Waals surface area contributed by atoms with Crippen molar-refractivity contribution in [3.05, 3.63) is 0 Å². The highest BCUT2D eigenvalue weighted by molar-refractivity contribution is 5.17. The van der Waals surface area contributed by atoms with Gasteiger partial charge in [0, 0.05) is 0 Å². The molecule has 0 nitrogen and oxygen atoms in total. The van der Waals surface area contributed by atoms with Crippen molar-refractivity contribution in [2.45, 2.75) is 85.5 Å². The van der Waals surface area contributed by atoms with Gasteiger partial charge in [-0.3, -0.25) is 0 Å². The zero-order valence-electron chi connectivity index (χ0n) is 13.7. The Labute approximate surface area is 120 Å². The van der Waals surface area contributed by atoms with Gasteiger partial charge in [0.2, 0.25) is 0 Å². The highest BCUT2D eigenvalue weighted by atomic mass is 14.7. The van der Waals surface area contributed by atoms with E-state index in [4.69, 9.17) is 0 Å². The third kappa shape index (κ3) is 2.28. The van der Waals surface area contributed by atoms with Gasteiger partial charge in [0.25, 0.3) is 0 Å². The molecule has 0 N–H and O–H groups in total. The molecular formula is C19H34. The first-order chi connectivity index (χ1) is 9.05. The van der Waals surface area contributed by atoms with Gasteiger partial charge in [0.1, 0.15) is 0 Å². The molecule has 0 bridgehead atoms. The summed E-state index contributed by atoms with van der Waals surface area (Å²) in [5.41, 5.74) is 1.61. The number of unbranched alkanes of at least 4 members (excludes halogenated alkanes) is 1. The van der Waals surface area contributed by atoms with E-state index in [9.17, 15) is 0 Å². The second kappa shape index (κ2) is 4.78. The second-order valence-corrected chi connectivity index (χ2v) is 8.59. The second-order valence-electron chi connectivity index (χ2n) is 8.59. The molecule has 0 aromatic heterocycles. The van der Waals surface area contributed by atoms with E-state index in [1.165, 1.54) is 32.1 Å². The van der Waals surface area contributed by atoms with E-state index in [2.05, 4.69) is 27.7 Å². The molecule has 0 aromatic rings. The molecule has 0 saturated heterocycles. The van der Waals surface area contributed by atoms with Crippen LogP contribution in [0.15, 0.2) is 0 Å². The van der Waals surface area contributed by atoms with E-state index in [0.29, 0.717) is 5.41 Å². The first-order valence-corrected chi connectivity index (χ1v) is 9.05. The summed E-state index contributed by atoms with van der Waals surface area (Å²) in [5, 5.41) is 0.